The van der Waals surface area contributed by atoms with Gasteiger partial charge in [0.2, 0.25) is 0 Å². The van der Waals surface area contributed by atoms with E-state index in [4.69, 9.17) is 16.3 Å². The molecule has 98 valence electrons. The summed E-state index contributed by atoms with van der Waals surface area (Å²) in [6.45, 7) is 0. The van der Waals surface area contributed by atoms with Crippen LogP contribution < -0.4 is 4.74 Å². The summed E-state index contributed by atoms with van der Waals surface area (Å²) < 4.78 is 6.72. The van der Waals surface area contributed by atoms with Crippen LogP contribution in [0.3, 0.4) is 0 Å². The number of aromatic nitrogens is 2. The molecule has 1 aliphatic rings. The number of hydrogen-bond donors (Lipinski definition) is 0. The fraction of sp³-hybridized carbons (Fsp3) is 0.286. The predicted molar refractivity (Wildman–Crippen MR) is 72.5 cm³/mol. The van der Waals surface area contributed by atoms with Crippen LogP contribution in [0.25, 0.3) is 5.69 Å². The monoisotopic (exact) mass is 276 g/mol. The first-order valence-electron chi connectivity index (χ1n) is 6.12. The average molecular weight is 277 g/mol. The first-order chi connectivity index (χ1) is 9.24. The molecule has 0 saturated heterocycles. The molecule has 2 aromatic rings. The van der Waals surface area contributed by atoms with Crippen LogP contribution in [-0.2, 0) is 0 Å². The number of methoxy groups -OCH3 is 1. The van der Waals surface area contributed by atoms with Gasteiger partial charge in [0.25, 0.3) is 0 Å². The molecule has 19 heavy (non-hydrogen) atoms. The van der Waals surface area contributed by atoms with Gasteiger partial charge in [-0.15, -0.1) is 0 Å². The SMILES string of the molecule is COc1ccc(-n2nc(C3CC3)c(C=O)c2Cl)cc1. The summed E-state index contributed by atoms with van der Waals surface area (Å²) in [5, 5.41) is 4.86. The lowest BCUT2D eigenvalue weighted by atomic mass is 10.2. The maximum atomic E-state index is 11.2. The highest BCUT2D eigenvalue weighted by Crippen LogP contribution is 2.42. The highest BCUT2D eigenvalue weighted by atomic mass is 35.5. The lowest BCUT2D eigenvalue weighted by Crippen LogP contribution is -1.97. The molecule has 1 aliphatic carbocycles. The zero-order chi connectivity index (χ0) is 13.4. The van der Waals surface area contributed by atoms with Crippen molar-refractivity contribution in [2.75, 3.05) is 7.11 Å². The number of carbonyl (C=O) groups excluding carboxylic acids is 1. The molecule has 3 rings (SSSR count). The van der Waals surface area contributed by atoms with Crippen molar-refractivity contribution in [3.8, 4) is 11.4 Å². The molecule has 4 nitrogen and oxygen atoms in total. The molecule has 0 atom stereocenters. The van der Waals surface area contributed by atoms with Crippen LogP contribution >= 0.6 is 11.6 Å². The van der Waals surface area contributed by atoms with E-state index < -0.39 is 0 Å². The Balaban J connectivity index is 2.06. The Morgan fingerprint density at radius 2 is 2.05 bits per heavy atom. The Morgan fingerprint density at radius 1 is 1.37 bits per heavy atom. The molecule has 0 bridgehead atoms. The molecule has 0 radical (unpaired) electrons. The van der Waals surface area contributed by atoms with E-state index >= 15 is 0 Å². The molecule has 0 unspecified atom stereocenters. The van der Waals surface area contributed by atoms with Crippen molar-refractivity contribution in [3.63, 3.8) is 0 Å². The largest absolute Gasteiger partial charge is 0.497 e. The van der Waals surface area contributed by atoms with Gasteiger partial charge >= 0.3 is 0 Å². The molecule has 0 amide bonds. The topological polar surface area (TPSA) is 44.1 Å². The van der Waals surface area contributed by atoms with E-state index in [1.165, 1.54) is 0 Å². The van der Waals surface area contributed by atoms with Gasteiger partial charge in [0.15, 0.2) is 6.29 Å². The van der Waals surface area contributed by atoms with Crippen molar-refractivity contribution < 1.29 is 9.53 Å². The van der Waals surface area contributed by atoms with Gasteiger partial charge in [0.1, 0.15) is 10.9 Å². The normalized spacial score (nSPS) is 14.4. The van der Waals surface area contributed by atoms with E-state index in [2.05, 4.69) is 5.10 Å². The van der Waals surface area contributed by atoms with E-state index in [1.54, 1.807) is 11.8 Å². The Morgan fingerprint density at radius 3 is 2.58 bits per heavy atom. The molecular weight excluding hydrogens is 264 g/mol. The van der Waals surface area contributed by atoms with Gasteiger partial charge in [-0.05, 0) is 37.1 Å². The maximum absolute atomic E-state index is 11.2. The number of halogens is 1. The lowest BCUT2D eigenvalue weighted by Gasteiger charge is -2.04. The third-order valence-electron chi connectivity index (χ3n) is 3.29. The molecular formula is C14H13ClN2O2. The molecule has 1 aromatic heterocycles. The van der Waals surface area contributed by atoms with Gasteiger partial charge in [-0.1, -0.05) is 11.6 Å². The van der Waals surface area contributed by atoms with Gasteiger partial charge in [-0.25, -0.2) is 4.68 Å². The van der Waals surface area contributed by atoms with Crippen molar-refractivity contribution in [1.29, 1.82) is 0 Å². The van der Waals surface area contributed by atoms with Crippen molar-refractivity contribution in [2.24, 2.45) is 0 Å². The van der Waals surface area contributed by atoms with Crippen molar-refractivity contribution >= 4 is 17.9 Å². The second kappa shape index (κ2) is 4.70. The summed E-state index contributed by atoms with van der Waals surface area (Å²) >= 11 is 6.25. The van der Waals surface area contributed by atoms with E-state index in [9.17, 15) is 4.79 Å². The molecule has 1 saturated carbocycles. The highest BCUT2D eigenvalue weighted by molar-refractivity contribution is 6.32. The summed E-state index contributed by atoms with van der Waals surface area (Å²) in [5.41, 5.74) is 2.15. The minimum absolute atomic E-state index is 0.377. The Bertz CT molecular complexity index is 615. The molecule has 0 N–H and O–H groups in total. The highest BCUT2D eigenvalue weighted by Gasteiger charge is 2.31. The first kappa shape index (κ1) is 12.2. The molecule has 1 fully saturated rings. The number of nitrogens with zero attached hydrogens (tertiary/aromatic N) is 2. The van der Waals surface area contributed by atoms with E-state index in [0.29, 0.717) is 16.6 Å². The van der Waals surface area contributed by atoms with Crippen LogP contribution in [0.15, 0.2) is 24.3 Å². The van der Waals surface area contributed by atoms with Crippen LogP contribution in [0.1, 0.15) is 34.8 Å². The minimum atomic E-state index is 0.377. The van der Waals surface area contributed by atoms with Gasteiger partial charge in [0.05, 0.1) is 24.1 Å². The first-order valence-corrected chi connectivity index (χ1v) is 6.50. The van der Waals surface area contributed by atoms with Crippen LogP contribution in [0.4, 0.5) is 0 Å². The smallest absolute Gasteiger partial charge is 0.155 e. The van der Waals surface area contributed by atoms with Gasteiger partial charge in [-0.2, -0.15) is 5.10 Å². The molecule has 0 aliphatic heterocycles. The van der Waals surface area contributed by atoms with Crippen LogP contribution in [0.2, 0.25) is 5.15 Å². The Hall–Kier alpha value is -1.81. The van der Waals surface area contributed by atoms with Crippen molar-refractivity contribution in [1.82, 2.24) is 9.78 Å². The fourth-order valence-electron chi connectivity index (χ4n) is 2.09. The summed E-state index contributed by atoms with van der Waals surface area (Å²) in [6, 6.07) is 7.40. The second-order valence-corrected chi connectivity index (χ2v) is 4.95. The lowest BCUT2D eigenvalue weighted by molar-refractivity contribution is 0.112. The summed E-state index contributed by atoms with van der Waals surface area (Å²) in [4.78, 5) is 11.2. The van der Waals surface area contributed by atoms with Crippen LogP contribution in [-0.4, -0.2) is 23.2 Å². The molecule has 1 aromatic carbocycles. The fourth-order valence-corrected chi connectivity index (χ4v) is 2.36. The number of hydrogen-bond acceptors (Lipinski definition) is 3. The molecule has 1 heterocycles. The van der Waals surface area contributed by atoms with Crippen LogP contribution in [0, 0.1) is 0 Å². The van der Waals surface area contributed by atoms with Gasteiger partial charge in [-0.3, -0.25) is 4.79 Å². The summed E-state index contributed by atoms with van der Waals surface area (Å²) in [7, 11) is 1.62. The number of ether oxygens (including phenoxy) is 1. The molecule has 0 spiro atoms. The zero-order valence-electron chi connectivity index (χ0n) is 10.5. The minimum Gasteiger partial charge on any atom is -0.497 e. The predicted octanol–water partition coefficient (Wildman–Crippen LogP) is 3.22. The van der Waals surface area contributed by atoms with E-state index in [-0.39, 0.29) is 0 Å². The van der Waals surface area contributed by atoms with Gasteiger partial charge < -0.3 is 4.74 Å². The second-order valence-electron chi connectivity index (χ2n) is 4.59. The maximum Gasteiger partial charge on any atom is 0.155 e. The zero-order valence-corrected chi connectivity index (χ0v) is 11.2. The number of benzene rings is 1. The Kier molecular flexibility index (Phi) is 3.03. The van der Waals surface area contributed by atoms with Gasteiger partial charge in [0, 0.05) is 5.92 Å². The van der Waals surface area contributed by atoms with Crippen molar-refractivity contribution in [2.45, 2.75) is 18.8 Å². The number of rotatable bonds is 4. The number of carbonyl (C=O) groups is 1. The van der Waals surface area contributed by atoms with Crippen molar-refractivity contribution in [3.05, 3.63) is 40.7 Å². The summed E-state index contributed by atoms with van der Waals surface area (Å²) in [6.07, 6.45) is 2.95. The quantitative estimate of drug-likeness (QED) is 0.806. The third-order valence-corrected chi connectivity index (χ3v) is 3.65. The number of aldehydes is 1. The van der Waals surface area contributed by atoms with E-state index in [0.717, 1.165) is 36.3 Å². The summed E-state index contributed by atoms with van der Waals surface area (Å²) in [5.74, 6) is 1.15. The standard InChI is InChI=1S/C14H13ClN2O2/c1-19-11-6-4-10(5-7-11)17-14(15)12(8-18)13(16-17)9-2-3-9/h4-9H,2-3H2,1H3. The molecule has 5 heteroatoms. The van der Waals surface area contributed by atoms with Crippen LogP contribution in [0.5, 0.6) is 5.75 Å². The van der Waals surface area contributed by atoms with E-state index in [1.807, 2.05) is 24.3 Å². The average Bonchev–Trinajstić information content (AvgIpc) is 3.23. The third kappa shape index (κ3) is 2.12. The Labute approximate surface area is 115 Å².